The van der Waals surface area contributed by atoms with Crippen LogP contribution in [-0.4, -0.2) is 20.6 Å². The number of nitrogens with one attached hydrogen (secondary N) is 1. The first kappa shape index (κ1) is 13.7. The van der Waals surface area contributed by atoms with E-state index in [9.17, 15) is 14.9 Å². The summed E-state index contributed by atoms with van der Waals surface area (Å²) in [6, 6.07) is 6.20. The molecule has 7 heteroatoms. The number of nitro benzene ring substituents is 1. The van der Waals surface area contributed by atoms with Gasteiger partial charge in [-0.2, -0.15) is 5.10 Å². The maximum absolute atomic E-state index is 12.0. The average molecular weight is 274 g/mol. The van der Waals surface area contributed by atoms with Crippen molar-refractivity contribution >= 4 is 17.3 Å². The third-order valence-electron chi connectivity index (χ3n) is 2.80. The molecule has 0 unspecified atom stereocenters. The topological polar surface area (TPSA) is 90.1 Å². The fourth-order valence-electron chi connectivity index (χ4n) is 1.74. The van der Waals surface area contributed by atoms with Gasteiger partial charge in [0.1, 0.15) is 5.69 Å². The second-order valence-corrected chi connectivity index (χ2v) is 4.29. The molecule has 0 fully saturated rings. The van der Waals surface area contributed by atoms with E-state index >= 15 is 0 Å². The van der Waals surface area contributed by atoms with Crippen LogP contribution in [-0.2, 0) is 6.54 Å². The number of aromatic nitrogens is 2. The number of anilines is 1. The zero-order valence-corrected chi connectivity index (χ0v) is 11.2. The average Bonchev–Trinajstić information content (AvgIpc) is 2.89. The highest BCUT2D eigenvalue weighted by Gasteiger charge is 2.17. The van der Waals surface area contributed by atoms with Gasteiger partial charge in [-0.25, -0.2) is 0 Å². The van der Waals surface area contributed by atoms with Gasteiger partial charge in [0.05, 0.1) is 4.92 Å². The van der Waals surface area contributed by atoms with Crippen LogP contribution in [0, 0.1) is 17.0 Å². The molecule has 1 aromatic carbocycles. The molecule has 0 saturated carbocycles. The van der Waals surface area contributed by atoms with E-state index in [1.165, 1.54) is 12.1 Å². The molecule has 1 N–H and O–H groups in total. The summed E-state index contributed by atoms with van der Waals surface area (Å²) in [5.41, 5.74) is 1.01. The lowest BCUT2D eigenvalue weighted by Crippen LogP contribution is -2.14. The molecule has 1 heterocycles. The van der Waals surface area contributed by atoms with Crippen molar-refractivity contribution in [2.45, 2.75) is 20.4 Å². The largest absolute Gasteiger partial charge is 0.315 e. The number of carbonyl (C=O) groups excluding carboxylic acids is 1. The fourth-order valence-corrected chi connectivity index (χ4v) is 1.74. The lowest BCUT2D eigenvalue weighted by Gasteiger charge is -2.05. The Bertz CT molecular complexity index is 663. The molecule has 1 aromatic heterocycles. The molecule has 2 aromatic rings. The molecule has 0 saturated heterocycles. The quantitative estimate of drug-likeness (QED) is 0.684. The van der Waals surface area contributed by atoms with E-state index in [1.807, 2.05) is 6.92 Å². The summed E-state index contributed by atoms with van der Waals surface area (Å²) in [5.74, 6) is -0.468. The molecule has 0 bridgehead atoms. The van der Waals surface area contributed by atoms with Crippen molar-refractivity contribution in [3.63, 3.8) is 0 Å². The van der Waals surface area contributed by atoms with Gasteiger partial charge in [0, 0.05) is 18.8 Å². The summed E-state index contributed by atoms with van der Waals surface area (Å²) in [6.45, 7) is 4.30. The van der Waals surface area contributed by atoms with E-state index < -0.39 is 10.8 Å². The van der Waals surface area contributed by atoms with Gasteiger partial charge in [-0.3, -0.25) is 19.6 Å². The minimum absolute atomic E-state index is 0.131. The second kappa shape index (κ2) is 5.52. The van der Waals surface area contributed by atoms with Crippen molar-refractivity contribution in [2.75, 3.05) is 5.32 Å². The number of rotatable bonds is 4. The van der Waals surface area contributed by atoms with Crippen LogP contribution in [0.25, 0.3) is 0 Å². The van der Waals surface area contributed by atoms with E-state index in [1.54, 1.807) is 29.9 Å². The number of nitrogens with zero attached hydrogens (tertiary/aromatic N) is 3. The zero-order chi connectivity index (χ0) is 14.7. The van der Waals surface area contributed by atoms with Gasteiger partial charge in [0.15, 0.2) is 5.69 Å². The smallest absolute Gasteiger partial charge is 0.293 e. The zero-order valence-electron chi connectivity index (χ0n) is 11.2. The maximum Gasteiger partial charge on any atom is 0.293 e. The minimum Gasteiger partial charge on any atom is -0.315 e. The number of carbonyl (C=O) groups is 1. The third kappa shape index (κ3) is 2.82. The number of aryl methyl sites for hydroxylation is 2. The van der Waals surface area contributed by atoms with Gasteiger partial charge in [0.2, 0.25) is 0 Å². The van der Waals surface area contributed by atoms with Crippen LogP contribution in [0.4, 0.5) is 11.4 Å². The Kier molecular flexibility index (Phi) is 3.79. The van der Waals surface area contributed by atoms with Crippen LogP contribution in [0.3, 0.4) is 0 Å². The van der Waals surface area contributed by atoms with E-state index in [0.29, 0.717) is 6.54 Å². The Morgan fingerprint density at radius 2 is 2.20 bits per heavy atom. The summed E-state index contributed by atoms with van der Waals surface area (Å²) < 4.78 is 1.61. The Morgan fingerprint density at radius 3 is 2.80 bits per heavy atom. The Balaban J connectivity index is 2.25. The van der Waals surface area contributed by atoms with Crippen molar-refractivity contribution in [3.05, 3.63) is 51.8 Å². The molecule has 0 spiro atoms. The fraction of sp³-hybridized carbons (Fsp3) is 0.231. The predicted molar refractivity (Wildman–Crippen MR) is 73.7 cm³/mol. The standard InChI is InChI=1S/C13H14N4O3/c1-3-16-7-6-11(15-16)13(18)14-10-5-4-9(2)8-12(10)17(19)20/h4-8H,3H2,1-2H3,(H,14,18). The summed E-state index contributed by atoms with van der Waals surface area (Å²) in [7, 11) is 0. The number of amides is 1. The van der Waals surface area contributed by atoms with Crippen LogP contribution in [0.2, 0.25) is 0 Å². The van der Waals surface area contributed by atoms with Crippen LogP contribution in [0.15, 0.2) is 30.5 Å². The first-order valence-corrected chi connectivity index (χ1v) is 6.11. The summed E-state index contributed by atoms with van der Waals surface area (Å²) in [5, 5.41) is 17.5. The highest BCUT2D eigenvalue weighted by Crippen LogP contribution is 2.25. The van der Waals surface area contributed by atoms with Crippen molar-refractivity contribution < 1.29 is 9.72 Å². The van der Waals surface area contributed by atoms with Gasteiger partial charge in [0.25, 0.3) is 11.6 Å². The number of hydrogen-bond acceptors (Lipinski definition) is 4. The number of nitro groups is 1. The Morgan fingerprint density at radius 1 is 1.45 bits per heavy atom. The summed E-state index contributed by atoms with van der Waals surface area (Å²) >= 11 is 0. The SMILES string of the molecule is CCn1ccc(C(=O)Nc2ccc(C)cc2[N+](=O)[O-])n1. The van der Waals surface area contributed by atoms with Crippen molar-refractivity contribution in [1.82, 2.24) is 9.78 Å². The first-order valence-electron chi connectivity index (χ1n) is 6.11. The number of hydrogen-bond donors (Lipinski definition) is 1. The molecule has 0 atom stereocenters. The van der Waals surface area contributed by atoms with Gasteiger partial charge >= 0.3 is 0 Å². The molecule has 0 aliphatic heterocycles. The van der Waals surface area contributed by atoms with Gasteiger partial charge in [-0.1, -0.05) is 6.07 Å². The molecule has 0 aliphatic carbocycles. The van der Waals surface area contributed by atoms with Gasteiger partial charge in [-0.15, -0.1) is 0 Å². The molecule has 0 radical (unpaired) electrons. The van der Waals surface area contributed by atoms with E-state index in [-0.39, 0.29) is 17.1 Å². The molecular weight excluding hydrogens is 260 g/mol. The maximum atomic E-state index is 12.0. The first-order chi connectivity index (χ1) is 9.51. The second-order valence-electron chi connectivity index (χ2n) is 4.29. The van der Waals surface area contributed by atoms with Crippen LogP contribution < -0.4 is 5.32 Å². The summed E-state index contributed by atoms with van der Waals surface area (Å²) in [6.07, 6.45) is 1.68. The molecule has 20 heavy (non-hydrogen) atoms. The molecule has 0 aliphatic rings. The molecule has 1 amide bonds. The molecule has 2 rings (SSSR count). The third-order valence-corrected chi connectivity index (χ3v) is 2.80. The lowest BCUT2D eigenvalue weighted by molar-refractivity contribution is -0.384. The molecule has 104 valence electrons. The molecule has 7 nitrogen and oxygen atoms in total. The van der Waals surface area contributed by atoms with Crippen LogP contribution in [0.1, 0.15) is 23.0 Å². The predicted octanol–water partition coefficient (Wildman–Crippen LogP) is 2.37. The van der Waals surface area contributed by atoms with Crippen molar-refractivity contribution in [1.29, 1.82) is 0 Å². The van der Waals surface area contributed by atoms with Crippen molar-refractivity contribution in [3.8, 4) is 0 Å². The highest BCUT2D eigenvalue weighted by atomic mass is 16.6. The Labute approximate surface area is 115 Å². The summed E-state index contributed by atoms with van der Waals surface area (Å²) in [4.78, 5) is 22.4. The van der Waals surface area contributed by atoms with Crippen molar-refractivity contribution in [2.24, 2.45) is 0 Å². The van der Waals surface area contributed by atoms with Crippen LogP contribution >= 0.6 is 0 Å². The lowest BCUT2D eigenvalue weighted by atomic mass is 10.2. The normalized spacial score (nSPS) is 10.3. The minimum atomic E-state index is -0.521. The van der Waals surface area contributed by atoms with E-state index in [0.717, 1.165) is 5.56 Å². The Hall–Kier alpha value is -2.70. The highest BCUT2D eigenvalue weighted by molar-refractivity contribution is 6.04. The van der Waals surface area contributed by atoms with E-state index in [4.69, 9.17) is 0 Å². The van der Waals surface area contributed by atoms with Gasteiger partial charge in [-0.05, 0) is 31.5 Å². The van der Waals surface area contributed by atoms with Crippen LogP contribution in [0.5, 0.6) is 0 Å². The van der Waals surface area contributed by atoms with E-state index in [2.05, 4.69) is 10.4 Å². The monoisotopic (exact) mass is 274 g/mol. The molecular formula is C13H14N4O3. The van der Waals surface area contributed by atoms with Gasteiger partial charge < -0.3 is 5.32 Å². The number of benzene rings is 1.